The number of benzene rings is 1. The van der Waals surface area contributed by atoms with Crippen LogP contribution in [0.1, 0.15) is 6.42 Å². The van der Waals surface area contributed by atoms with E-state index < -0.39 is 0 Å². The lowest BCUT2D eigenvalue weighted by Gasteiger charge is -2.19. The number of anilines is 1. The Morgan fingerprint density at radius 1 is 1.16 bits per heavy atom. The predicted octanol–water partition coefficient (Wildman–Crippen LogP) is 0.955. The highest BCUT2D eigenvalue weighted by atomic mass is 35.5. The molecule has 106 valence electrons. The molecule has 0 heterocycles. The van der Waals surface area contributed by atoms with Gasteiger partial charge >= 0.3 is 0 Å². The van der Waals surface area contributed by atoms with E-state index in [0.717, 1.165) is 0 Å². The van der Waals surface area contributed by atoms with Crippen molar-refractivity contribution in [1.82, 2.24) is 4.90 Å². The highest BCUT2D eigenvalue weighted by Crippen LogP contribution is 2.20. The maximum absolute atomic E-state index is 11.8. The van der Waals surface area contributed by atoms with E-state index in [1.165, 1.54) is 0 Å². The van der Waals surface area contributed by atoms with Gasteiger partial charge in [0, 0.05) is 26.1 Å². The fourth-order valence-electron chi connectivity index (χ4n) is 1.65. The standard InChI is InChI=1S/C13H19ClN2O3/c14-11-3-1-2-4-12(11)15-13(19)5-6-16(7-9-17)8-10-18/h1-4,17-18H,5-10H2,(H,15,19). The average Bonchev–Trinajstić information content (AvgIpc) is 2.39. The fourth-order valence-corrected chi connectivity index (χ4v) is 1.84. The number of nitrogens with zero attached hydrogens (tertiary/aromatic N) is 1. The molecule has 0 spiro atoms. The summed E-state index contributed by atoms with van der Waals surface area (Å²) in [6, 6.07) is 7.04. The molecule has 0 aromatic heterocycles. The summed E-state index contributed by atoms with van der Waals surface area (Å²) in [5, 5.41) is 20.9. The molecule has 0 aliphatic carbocycles. The van der Waals surface area contributed by atoms with Crippen LogP contribution in [0.25, 0.3) is 0 Å². The van der Waals surface area contributed by atoms with Gasteiger partial charge in [0.2, 0.25) is 5.91 Å². The molecular formula is C13H19ClN2O3. The van der Waals surface area contributed by atoms with Crippen LogP contribution >= 0.6 is 11.6 Å². The van der Waals surface area contributed by atoms with Gasteiger partial charge in [0.15, 0.2) is 0 Å². The van der Waals surface area contributed by atoms with E-state index >= 15 is 0 Å². The van der Waals surface area contributed by atoms with Crippen LogP contribution in [0, 0.1) is 0 Å². The Morgan fingerprint density at radius 3 is 2.37 bits per heavy atom. The van der Waals surface area contributed by atoms with E-state index in [1.807, 2.05) is 4.90 Å². The zero-order valence-corrected chi connectivity index (χ0v) is 11.4. The number of amides is 1. The quantitative estimate of drug-likeness (QED) is 0.665. The van der Waals surface area contributed by atoms with Crippen molar-refractivity contribution in [1.29, 1.82) is 0 Å². The van der Waals surface area contributed by atoms with Gasteiger partial charge in [-0.2, -0.15) is 0 Å². The van der Waals surface area contributed by atoms with Crippen molar-refractivity contribution in [2.24, 2.45) is 0 Å². The number of hydrogen-bond acceptors (Lipinski definition) is 4. The minimum absolute atomic E-state index is 0.00608. The van der Waals surface area contributed by atoms with Crippen LogP contribution in [0.5, 0.6) is 0 Å². The third-order valence-electron chi connectivity index (χ3n) is 2.64. The summed E-state index contributed by atoms with van der Waals surface area (Å²) in [6.45, 7) is 1.38. The second-order valence-electron chi connectivity index (χ2n) is 4.07. The molecule has 0 aliphatic heterocycles. The lowest BCUT2D eigenvalue weighted by Crippen LogP contribution is -2.32. The minimum atomic E-state index is -0.144. The molecule has 1 rings (SSSR count). The van der Waals surface area contributed by atoms with Gasteiger partial charge < -0.3 is 15.5 Å². The first-order valence-corrected chi connectivity index (χ1v) is 6.53. The Hall–Kier alpha value is -1.14. The zero-order valence-electron chi connectivity index (χ0n) is 10.7. The Balaban J connectivity index is 2.40. The molecular weight excluding hydrogens is 268 g/mol. The number of nitrogens with one attached hydrogen (secondary N) is 1. The molecule has 6 heteroatoms. The van der Waals surface area contributed by atoms with Crippen molar-refractivity contribution in [3.8, 4) is 0 Å². The molecule has 3 N–H and O–H groups in total. The zero-order chi connectivity index (χ0) is 14.1. The molecule has 5 nitrogen and oxygen atoms in total. The van der Waals surface area contributed by atoms with E-state index in [-0.39, 0.29) is 25.5 Å². The van der Waals surface area contributed by atoms with Crippen LogP contribution in [0.3, 0.4) is 0 Å². The predicted molar refractivity (Wildman–Crippen MR) is 75.3 cm³/mol. The molecule has 0 fully saturated rings. The number of aliphatic hydroxyl groups excluding tert-OH is 2. The summed E-state index contributed by atoms with van der Waals surface area (Å²) in [4.78, 5) is 13.6. The third kappa shape index (κ3) is 6.02. The normalized spacial score (nSPS) is 10.7. The molecule has 0 saturated carbocycles. The van der Waals surface area contributed by atoms with Crippen LogP contribution in [0.4, 0.5) is 5.69 Å². The number of carbonyl (C=O) groups excluding carboxylic acids is 1. The Labute approximate surface area is 117 Å². The van der Waals surface area contributed by atoms with Crippen molar-refractivity contribution in [2.45, 2.75) is 6.42 Å². The number of aliphatic hydroxyl groups is 2. The van der Waals surface area contributed by atoms with Gasteiger partial charge in [-0.3, -0.25) is 9.69 Å². The van der Waals surface area contributed by atoms with Gasteiger partial charge in [-0.1, -0.05) is 23.7 Å². The fraction of sp³-hybridized carbons (Fsp3) is 0.462. The lowest BCUT2D eigenvalue weighted by molar-refractivity contribution is -0.116. The van der Waals surface area contributed by atoms with Crippen molar-refractivity contribution >= 4 is 23.2 Å². The summed E-state index contributed by atoms with van der Waals surface area (Å²) in [5.41, 5.74) is 0.588. The van der Waals surface area contributed by atoms with Crippen molar-refractivity contribution < 1.29 is 15.0 Å². The number of carbonyl (C=O) groups is 1. The molecule has 0 unspecified atom stereocenters. The van der Waals surface area contributed by atoms with Crippen molar-refractivity contribution in [3.63, 3.8) is 0 Å². The summed E-state index contributed by atoms with van der Waals surface area (Å²) in [7, 11) is 0. The van der Waals surface area contributed by atoms with Gasteiger partial charge in [-0.05, 0) is 12.1 Å². The van der Waals surface area contributed by atoms with Gasteiger partial charge in [0.25, 0.3) is 0 Å². The largest absolute Gasteiger partial charge is 0.395 e. The SMILES string of the molecule is O=C(CCN(CCO)CCO)Nc1ccccc1Cl. The Morgan fingerprint density at radius 2 is 1.79 bits per heavy atom. The molecule has 1 amide bonds. The van der Waals surface area contributed by atoms with E-state index in [4.69, 9.17) is 21.8 Å². The Kier molecular flexibility index (Phi) is 7.43. The smallest absolute Gasteiger partial charge is 0.225 e. The molecule has 1 aromatic rings. The van der Waals surface area contributed by atoms with E-state index in [1.54, 1.807) is 24.3 Å². The highest BCUT2D eigenvalue weighted by Gasteiger charge is 2.09. The molecule has 19 heavy (non-hydrogen) atoms. The van der Waals surface area contributed by atoms with Crippen LogP contribution in [-0.4, -0.2) is 53.9 Å². The number of hydrogen-bond donors (Lipinski definition) is 3. The molecule has 1 aromatic carbocycles. The monoisotopic (exact) mass is 286 g/mol. The van der Waals surface area contributed by atoms with E-state index in [0.29, 0.717) is 30.3 Å². The van der Waals surface area contributed by atoms with Gasteiger partial charge in [-0.15, -0.1) is 0 Å². The second kappa shape index (κ2) is 8.87. The summed E-state index contributed by atoms with van der Waals surface area (Å²) in [6.07, 6.45) is 0.283. The number of rotatable bonds is 8. The maximum Gasteiger partial charge on any atom is 0.225 e. The van der Waals surface area contributed by atoms with Crippen molar-refractivity contribution in [2.75, 3.05) is 38.2 Å². The minimum Gasteiger partial charge on any atom is -0.395 e. The summed E-state index contributed by atoms with van der Waals surface area (Å²) >= 11 is 5.94. The van der Waals surface area contributed by atoms with E-state index in [2.05, 4.69) is 5.32 Å². The van der Waals surface area contributed by atoms with E-state index in [9.17, 15) is 4.79 Å². The molecule has 0 saturated heterocycles. The van der Waals surface area contributed by atoms with Gasteiger partial charge in [0.05, 0.1) is 23.9 Å². The van der Waals surface area contributed by atoms with Crippen LogP contribution in [0.2, 0.25) is 5.02 Å². The van der Waals surface area contributed by atoms with Crippen molar-refractivity contribution in [3.05, 3.63) is 29.3 Å². The highest BCUT2D eigenvalue weighted by molar-refractivity contribution is 6.33. The average molecular weight is 287 g/mol. The third-order valence-corrected chi connectivity index (χ3v) is 2.97. The topological polar surface area (TPSA) is 72.8 Å². The van der Waals surface area contributed by atoms with Gasteiger partial charge in [0.1, 0.15) is 0 Å². The van der Waals surface area contributed by atoms with Gasteiger partial charge in [-0.25, -0.2) is 0 Å². The lowest BCUT2D eigenvalue weighted by atomic mass is 10.3. The maximum atomic E-state index is 11.8. The number of halogens is 1. The summed E-state index contributed by atoms with van der Waals surface area (Å²) in [5.74, 6) is -0.144. The number of para-hydroxylation sites is 1. The first kappa shape index (κ1) is 15.9. The first-order valence-electron chi connectivity index (χ1n) is 6.16. The molecule has 0 aliphatic rings. The van der Waals surface area contributed by atoms with Crippen LogP contribution in [0.15, 0.2) is 24.3 Å². The molecule has 0 radical (unpaired) electrons. The second-order valence-corrected chi connectivity index (χ2v) is 4.47. The van der Waals surface area contributed by atoms with Crippen LogP contribution in [-0.2, 0) is 4.79 Å². The molecule has 0 atom stereocenters. The molecule has 0 bridgehead atoms. The summed E-state index contributed by atoms with van der Waals surface area (Å²) < 4.78 is 0. The first-order chi connectivity index (χ1) is 9.17. The van der Waals surface area contributed by atoms with Crippen LogP contribution < -0.4 is 5.32 Å². The Bertz CT molecular complexity index is 395.